The van der Waals surface area contributed by atoms with Crippen molar-refractivity contribution >= 4 is 29.4 Å². The molecule has 2 aromatic heterocycles. The maximum Gasteiger partial charge on any atom is 0.280 e. The number of hydrogen-bond donors (Lipinski definition) is 4. The second kappa shape index (κ2) is 9.38. The molecule has 166 valence electrons. The van der Waals surface area contributed by atoms with Gasteiger partial charge in [0.1, 0.15) is 17.5 Å². The Morgan fingerprint density at radius 1 is 1.06 bits per heavy atom. The Morgan fingerprint density at radius 2 is 1.78 bits per heavy atom. The van der Waals surface area contributed by atoms with Crippen LogP contribution in [0.1, 0.15) is 38.1 Å². The minimum atomic E-state index is -0.531. The minimum absolute atomic E-state index is 0.203. The smallest absolute Gasteiger partial charge is 0.280 e. The van der Waals surface area contributed by atoms with Crippen LogP contribution in [0, 0.1) is 5.82 Å². The molecule has 0 aliphatic heterocycles. The number of nitrogens with zero attached hydrogens (tertiary/aromatic N) is 3. The van der Waals surface area contributed by atoms with Crippen LogP contribution in [0.4, 0.5) is 16.0 Å². The van der Waals surface area contributed by atoms with Crippen LogP contribution < -0.4 is 16.0 Å². The summed E-state index contributed by atoms with van der Waals surface area (Å²) in [6.07, 6.45) is 1.42. The van der Waals surface area contributed by atoms with Crippen molar-refractivity contribution in [1.29, 1.82) is 0 Å². The van der Waals surface area contributed by atoms with Crippen LogP contribution in [-0.4, -0.2) is 38.5 Å². The van der Waals surface area contributed by atoms with Crippen LogP contribution in [0.2, 0.25) is 0 Å². The summed E-state index contributed by atoms with van der Waals surface area (Å²) in [7, 11) is 0. The predicted octanol–water partition coefficient (Wildman–Crippen LogP) is 3.57. The average Bonchev–Trinajstić information content (AvgIpc) is 3.15. The third-order valence-corrected chi connectivity index (χ3v) is 3.99. The number of pyridine rings is 1. The van der Waals surface area contributed by atoms with Crippen molar-refractivity contribution in [2.24, 2.45) is 4.99 Å². The standard InChI is InChI=1S/C22H24FN7O2/c1-13(31)25-18-11-15(9-10-24-18)20(32)27-21(28-22(2,3)4)26-19-12-17(29-30-19)14-5-7-16(23)8-6-14/h5-12H,1-4H3,(H,24,25,31)(H3,26,27,28,29,30,32). The molecule has 0 aliphatic carbocycles. The topological polar surface area (TPSA) is 124 Å². The highest BCUT2D eigenvalue weighted by atomic mass is 19.1. The van der Waals surface area contributed by atoms with Crippen LogP contribution >= 0.6 is 0 Å². The van der Waals surface area contributed by atoms with E-state index in [0.29, 0.717) is 11.5 Å². The summed E-state index contributed by atoms with van der Waals surface area (Å²) in [6.45, 7) is 7.13. The summed E-state index contributed by atoms with van der Waals surface area (Å²) in [6, 6.07) is 10.6. The minimum Gasteiger partial charge on any atom is -0.351 e. The van der Waals surface area contributed by atoms with Crippen LogP contribution in [0.5, 0.6) is 0 Å². The second-order valence-electron chi connectivity index (χ2n) is 8.05. The monoisotopic (exact) mass is 437 g/mol. The van der Waals surface area contributed by atoms with Crippen LogP contribution in [0.15, 0.2) is 53.7 Å². The first-order valence-electron chi connectivity index (χ1n) is 9.82. The van der Waals surface area contributed by atoms with Gasteiger partial charge in [0.2, 0.25) is 11.9 Å². The van der Waals surface area contributed by atoms with Gasteiger partial charge in [0.25, 0.3) is 5.91 Å². The Balaban J connectivity index is 1.84. The maximum atomic E-state index is 13.2. The Labute approximate surface area is 184 Å². The van der Waals surface area contributed by atoms with Gasteiger partial charge in [0.05, 0.1) is 5.69 Å². The van der Waals surface area contributed by atoms with E-state index >= 15 is 0 Å². The van der Waals surface area contributed by atoms with E-state index in [1.54, 1.807) is 18.2 Å². The normalized spacial score (nSPS) is 11.7. The highest BCUT2D eigenvalue weighted by Crippen LogP contribution is 2.20. The van der Waals surface area contributed by atoms with Gasteiger partial charge < -0.3 is 16.0 Å². The van der Waals surface area contributed by atoms with Crippen molar-refractivity contribution in [2.45, 2.75) is 33.2 Å². The molecule has 3 rings (SSSR count). The summed E-state index contributed by atoms with van der Waals surface area (Å²) in [4.78, 5) is 32.2. The number of halogens is 1. The number of aromatic amines is 1. The van der Waals surface area contributed by atoms with Crippen molar-refractivity contribution in [3.8, 4) is 11.3 Å². The second-order valence-corrected chi connectivity index (χ2v) is 8.05. The van der Waals surface area contributed by atoms with Gasteiger partial charge in [0, 0.05) is 35.9 Å². The van der Waals surface area contributed by atoms with Gasteiger partial charge in [-0.25, -0.2) is 9.37 Å². The number of aromatic nitrogens is 3. The first kappa shape index (κ1) is 22.6. The number of rotatable bonds is 4. The zero-order valence-corrected chi connectivity index (χ0v) is 18.2. The quantitative estimate of drug-likeness (QED) is 0.365. The molecular formula is C22H24FN7O2. The fraction of sp³-hybridized carbons (Fsp3) is 0.227. The molecule has 2 amide bonds. The lowest BCUT2D eigenvalue weighted by atomic mass is 10.1. The number of carbonyl (C=O) groups excluding carboxylic acids is 2. The average molecular weight is 437 g/mol. The van der Waals surface area contributed by atoms with Gasteiger partial charge in [0.15, 0.2) is 0 Å². The Morgan fingerprint density at radius 3 is 2.44 bits per heavy atom. The lowest BCUT2D eigenvalue weighted by Gasteiger charge is -2.23. The number of hydrogen-bond acceptors (Lipinski definition) is 4. The van der Waals surface area contributed by atoms with E-state index in [9.17, 15) is 14.0 Å². The van der Waals surface area contributed by atoms with Crippen LogP contribution in [-0.2, 0) is 4.79 Å². The van der Waals surface area contributed by atoms with Gasteiger partial charge >= 0.3 is 0 Å². The van der Waals surface area contributed by atoms with E-state index in [2.05, 4.69) is 36.1 Å². The lowest BCUT2D eigenvalue weighted by molar-refractivity contribution is -0.114. The molecule has 3 aromatic rings. The number of H-pyrrole nitrogens is 1. The summed E-state index contributed by atoms with van der Waals surface area (Å²) in [5.41, 5.74) is 1.20. The van der Waals surface area contributed by atoms with Gasteiger partial charge in [-0.2, -0.15) is 10.1 Å². The first-order valence-corrected chi connectivity index (χ1v) is 9.82. The number of guanidine groups is 1. The Kier molecular flexibility index (Phi) is 6.62. The molecule has 4 N–H and O–H groups in total. The Hall–Kier alpha value is -4.08. The fourth-order valence-electron chi connectivity index (χ4n) is 2.70. The van der Waals surface area contributed by atoms with Gasteiger partial charge in [-0.1, -0.05) is 0 Å². The van der Waals surface area contributed by atoms with Crippen molar-refractivity contribution in [1.82, 2.24) is 20.5 Å². The number of aliphatic imine (C=N–C) groups is 1. The lowest BCUT2D eigenvalue weighted by Crippen LogP contribution is -2.44. The number of carbonyl (C=O) groups is 2. The molecule has 2 heterocycles. The van der Waals surface area contributed by atoms with E-state index in [1.807, 2.05) is 20.8 Å². The molecular weight excluding hydrogens is 413 g/mol. The number of benzene rings is 1. The molecule has 1 aromatic carbocycles. The van der Waals surface area contributed by atoms with Crippen LogP contribution in [0.3, 0.4) is 0 Å². The number of anilines is 2. The van der Waals surface area contributed by atoms with Crippen molar-refractivity contribution in [2.75, 3.05) is 10.6 Å². The van der Waals surface area contributed by atoms with Gasteiger partial charge in [-0.05, 0) is 57.2 Å². The van der Waals surface area contributed by atoms with E-state index in [1.165, 1.54) is 37.4 Å². The van der Waals surface area contributed by atoms with Crippen molar-refractivity contribution < 1.29 is 14.0 Å². The maximum absolute atomic E-state index is 13.2. The molecule has 10 heteroatoms. The largest absolute Gasteiger partial charge is 0.351 e. The number of amides is 2. The zero-order chi connectivity index (χ0) is 23.3. The van der Waals surface area contributed by atoms with E-state index in [4.69, 9.17) is 0 Å². The molecule has 0 unspecified atom stereocenters. The predicted molar refractivity (Wildman–Crippen MR) is 121 cm³/mol. The molecule has 0 aliphatic rings. The molecule has 0 atom stereocenters. The van der Waals surface area contributed by atoms with E-state index in [0.717, 1.165) is 5.56 Å². The van der Waals surface area contributed by atoms with E-state index < -0.39 is 11.4 Å². The molecule has 0 spiro atoms. The van der Waals surface area contributed by atoms with Crippen LogP contribution in [0.25, 0.3) is 11.3 Å². The van der Waals surface area contributed by atoms with Crippen molar-refractivity contribution in [3.63, 3.8) is 0 Å². The van der Waals surface area contributed by atoms with Gasteiger partial charge in [-0.15, -0.1) is 0 Å². The molecule has 32 heavy (non-hydrogen) atoms. The van der Waals surface area contributed by atoms with E-state index in [-0.39, 0.29) is 29.1 Å². The number of nitrogens with one attached hydrogen (secondary N) is 4. The summed E-state index contributed by atoms with van der Waals surface area (Å²) >= 11 is 0. The van der Waals surface area contributed by atoms with Gasteiger partial charge in [-0.3, -0.25) is 14.7 Å². The molecule has 0 saturated carbocycles. The highest BCUT2D eigenvalue weighted by Gasteiger charge is 2.16. The third-order valence-electron chi connectivity index (χ3n) is 3.99. The third kappa shape index (κ3) is 6.46. The Bertz CT molecular complexity index is 1150. The molecule has 0 bridgehead atoms. The summed E-state index contributed by atoms with van der Waals surface area (Å²) in [5, 5.41) is 15.8. The summed E-state index contributed by atoms with van der Waals surface area (Å²) in [5.74, 6) is -0.205. The van der Waals surface area contributed by atoms with Crippen molar-refractivity contribution in [3.05, 3.63) is 60.0 Å². The molecule has 0 radical (unpaired) electrons. The zero-order valence-electron chi connectivity index (χ0n) is 18.2. The molecule has 9 nitrogen and oxygen atoms in total. The SMILES string of the molecule is CC(=O)Nc1cc(C(=O)/N=C(\Nc2cc(-c3ccc(F)cc3)n[nH]2)NC(C)(C)C)ccn1. The first-order chi connectivity index (χ1) is 15.1. The highest BCUT2D eigenvalue weighted by molar-refractivity contribution is 6.07. The molecule has 0 fully saturated rings. The summed E-state index contributed by atoms with van der Waals surface area (Å²) < 4.78 is 13.2. The molecule has 0 saturated heterocycles. The fourth-order valence-corrected chi connectivity index (χ4v) is 2.70.